The van der Waals surface area contributed by atoms with E-state index in [4.69, 9.17) is 5.14 Å². The molecule has 0 bridgehead atoms. The normalized spacial score (nSPS) is 12.6. The summed E-state index contributed by atoms with van der Waals surface area (Å²) >= 11 is 1.31. The summed E-state index contributed by atoms with van der Waals surface area (Å²) in [7, 11) is -6.63. The van der Waals surface area contributed by atoms with Crippen molar-refractivity contribution in [2.45, 2.75) is 9.79 Å². The summed E-state index contributed by atoms with van der Waals surface area (Å²) in [6, 6.07) is 6.28. The Morgan fingerprint density at radius 3 is 2.06 bits per heavy atom. The summed E-state index contributed by atoms with van der Waals surface area (Å²) in [4.78, 5) is 1.05. The van der Waals surface area contributed by atoms with E-state index in [1.54, 1.807) is 12.1 Å². The second kappa shape index (κ2) is 5.38. The van der Waals surface area contributed by atoms with E-state index in [9.17, 15) is 16.8 Å². The molecule has 0 saturated carbocycles. The standard InChI is InChI=1S/C9H13NO4S3/c1-16(11,12)9-4-2-8(3-5-9)15-6-7-17(10,13)14/h2-5H,6-7H2,1H3,(H2,10,13,14). The summed E-state index contributed by atoms with van der Waals surface area (Å²) in [6.45, 7) is 0. The van der Waals surface area contributed by atoms with Crippen molar-refractivity contribution in [1.82, 2.24) is 0 Å². The van der Waals surface area contributed by atoms with Crippen LogP contribution in [-0.2, 0) is 19.9 Å². The van der Waals surface area contributed by atoms with E-state index in [0.29, 0.717) is 5.75 Å². The second-order valence-electron chi connectivity index (χ2n) is 3.46. The number of primary sulfonamides is 1. The minimum Gasteiger partial charge on any atom is -0.229 e. The molecule has 2 N–H and O–H groups in total. The Morgan fingerprint density at radius 1 is 1.12 bits per heavy atom. The zero-order valence-corrected chi connectivity index (χ0v) is 11.6. The van der Waals surface area contributed by atoms with E-state index in [1.165, 1.54) is 23.9 Å². The van der Waals surface area contributed by atoms with Crippen molar-refractivity contribution in [3.63, 3.8) is 0 Å². The van der Waals surface area contributed by atoms with Crippen molar-refractivity contribution in [2.75, 3.05) is 17.8 Å². The molecule has 0 radical (unpaired) electrons. The van der Waals surface area contributed by atoms with Crippen LogP contribution in [0.15, 0.2) is 34.1 Å². The van der Waals surface area contributed by atoms with Crippen LogP contribution in [0, 0.1) is 0 Å². The van der Waals surface area contributed by atoms with Crippen LogP contribution in [0.5, 0.6) is 0 Å². The third kappa shape index (κ3) is 5.53. The Morgan fingerprint density at radius 2 is 1.65 bits per heavy atom. The molecular weight excluding hydrogens is 282 g/mol. The molecule has 0 atom stereocenters. The van der Waals surface area contributed by atoms with Gasteiger partial charge in [0.25, 0.3) is 0 Å². The summed E-state index contributed by atoms with van der Waals surface area (Å²) in [5.41, 5.74) is 0. The minimum absolute atomic E-state index is 0.106. The lowest BCUT2D eigenvalue weighted by atomic mass is 10.4. The molecule has 1 aromatic rings. The van der Waals surface area contributed by atoms with Gasteiger partial charge in [0.1, 0.15) is 0 Å². The van der Waals surface area contributed by atoms with Crippen LogP contribution < -0.4 is 5.14 Å². The second-order valence-corrected chi connectivity index (χ2v) is 8.38. The van der Waals surface area contributed by atoms with Gasteiger partial charge in [0.05, 0.1) is 10.6 Å². The molecule has 0 unspecified atom stereocenters. The third-order valence-corrected chi connectivity index (χ3v) is 5.06. The number of benzene rings is 1. The number of thioether (sulfide) groups is 1. The first-order chi connectivity index (χ1) is 7.68. The number of sulfone groups is 1. The summed E-state index contributed by atoms with van der Waals surface area (Å²) in [5, 5.41) is 4.86. The van der Waals surface area contributed by atoms with Gasteiger partial charge in [-0.05, 0) is 24.3 Å². The minimum atomic E-state index is -3.44. The molecule has 0 aliphatic carbocycles. The molecular formula is C9H13NO4S3. The van der Waals surface area contributed by atoms with E-state index in [1.807, 2.05) is 0 Å². The number of hydrogen-bond donors (Lipinski definition) is 1. The predicted octanol–water partition coefficient (Wildman–Crippen LogP) is 0.471. The first kappa shape index (κ1) is 14.5. The average Bonchev–Trinajstić information content (AvgIpc) is 2.15. The largest absolute Gasteiger partial charge is 0.229 e. The van der Waals surface area contributed by atoms with Crippen LogP contribution >= 0.6 is 11.8 Å². The Labute approximate surface area is 105 Å². The molecule has 0 spiro atoms. The SMILES string of the molecule is CS(=O)(=O)c1ccc(SCCS(N)(=O)=O)cc1. The Kier molecular flexibility index (Phi) is 4.59. The average molecular weight is 295 g/mol. The third-order valence-electron chi connectivity index (χ3n) is 1.89. The van der Waals surface area contributed by atoms with Gasteiger partial charge in [0.2, 0.25) is 10.0 Å². The molecule has 8 heteroatoms. The fourth-order valence-corrected chi connectivity index (χ4v) is 3.52. The van der Waals surface area contributed by atoms with Crippen LogP contribution in [0.25, 0.3) is 0 Å². The molecule has 96 valence electrons. The molecule has 5 nitrogen and oxygen atoms in total. The fourth-order valence-electron chi connectivity index (χ4n) is 1.06. The zero-order chi connectivity index (χ0) is 13.1. The predicted molar refractivity (Wildman–Crippen MR) is 68.3 cm³/mol. The number of nitrogens with two attached hydrogens (primary N) is 1. The Hall–Kier alpha value is -0.570. The van der Waals surface area contributed by atoms with Gasteiger partial charge in [-0.3, -0.25) is 0 Å². The van der Waals surface area contributed by atoms with Crippen LogP contribution in [0.1, 0.15) is 0 Å². The van der Waals surface area contributed by atoms with E-state index >= 15 is 0 Å². The smallest absolute Gasteiger partial charge is 0.209 e. The quantitative estimate of drug-likeness (QED) is 0.797. The van der Waals surface area contributed by atoms with Crippen molar-refractivity contribution in [1.29, 1.82) is 0 Å². The van der Waals surface area contributed by atoms with Gasteiger partial charge < -0.3 is 0 Å². The number of sulfonamides is 1. The van der Waals surface area contributed by atoms with E-state index < -0.39 is 19.9 Å². The summed E-state index contributed by atoms with van der Waals surface area (Å²) in [5.74, 6) is 0.239. The van der Waals surface area contributed by atoms with Crippen LogP contribution in [-0.4, -0.2) is 34.6 Å². The van der Waals surface area contributed by atoms with Crippen molar-refractivity contribution in [2.24, 2.45) is 5.14 Å². The number of rotatable bonds is 5. The topological polar surface area (TPSA) is 94.3 Å². The molecule has 0 heterocycles. The Bertz CT molecular complexity index is 575. The highest BCUT2D eigenvalue weighted by molar-refractivity contribution is 8.00. The molecule has 1 rings (SSSR count). The fraction of sp³-hybridized carbons (Fsp3) is 0.333. The lowest BCUT2D eigenvalue weighted by Gasteiger charge is -2.02. The van der Waals surface area contributed by atoms with Crippen molar-refractivity contribution in [3.8, 4) is 0 Å². The monoisotopic (exact) mass is 295 g/mol. The van der Waals surface area contributed by atoms with Gasteiger partial charge in [-0.15, -0.1) is 11.8 Å². The van der Waals surface area contributed by atoms with Crippen LogP contribution in [0.2, 0.25) is 0 Å². The van der Waals surface area contributed by atoms with Gasteiger partial charge in [-0.2, -0.15) is 0 Å². The summed E-state index contributed by atoms with van der Waals surface area (Å²) < 4.78 is 43.8. The van der Waals surface area contributed by atoms with Crippen molar-refractivity contribution < 1.29 is 16.8 Å². The van der Waals surface area contributed by atoms with Gasteiger partial charge in [-0.1, -0.05) is 0 Å². The van der Waals surface area contributed by atoms with Gasteiger partial charge in [0.15, 0.2) is 9.84 Å². The maximum atomic E-state index is 11.2. The van der Waals surface area contributed by atoms with E-state index in [2.05, 4.69) is 0 Å². The first-order valence-electron chi connectivity index (χ1n) is 4.62. The van der Waals surface area contributed by atoms with Crippen LogP contribution in [0.4, 0.5) is 0 Å². The van der Waals surface area contributed by atoms with E-state index in [0.717, 1.165) is 11.2 Å². The molecule has 0 aromatic heterocycles. The van der Waals surface area contributed by atoms with Gasteiger partial charge in [0, 0.05) is 16.9 Å². The molecule has 0 amide bonds. The highest BCUT2D eigenvalue weighted by Gasteiger charge is 2.07. The van der Waals surface area contributed by atoms with Crippen molar-refractivity contribution in [3.05, 3.63) is 24.3 Å². The molecule has 0 aliphatic heterocycles. The van der Waals surface area contributed by atoms with Gasteiger partial charge >= 0.3 is 0 Å². The molecule has 1 aromatic carbocycles. The molecule has 17 heavy (non-hydrogen) atoms. The maximum Gasteiger partial charge on any atom is 0.209 e. The number of hydrogen-bond acceptors (Lipinski definition) is 5. The van der Waals surface area contributed by atoms with Gasteiger partial charge in [-0.25, -0.2) is 22.0 Å². The first-order valence-corrected chi connectivity index (χ1v) is 9.21. The molecule has 0 aliphatic rings. The maximum absolute atomic E-state index is 11.2. The van der Waals surface area contributed by atoms with E-state index in [-0.39, 0.29) is 10.6 Å². The van der Waals surface area contributed by atoms with Crippen molar-refractivity contribution >= 4 is 31.6 Å². The summed E-state index contributed by atoms with van der Waals surface area (Å²) in [6.07, 6.45) is 1.14. The highest BCUT2D eigenvalue weighted by Crippen LogP contribution is 2.20. The zero-order valence-electron chi connectivity index (χ0n) is 9.16. The lowest BCUT2D eigenvalue weighted by Crippen LogP contribution is -2.17. The molecule has 0 fully saturated rings. The Balaban J connectivity index is 2.64. The van der Waals surface area contributed by atoms with Crippen LogP contribution in [0.3, 0.4) is 0 Å². The lowest BCUT2D eigenvalue weighted by molar-refractivity contribution is 0.598. The highest BCUT2D eigenvalue weighted by atomic mass is 32.2. The molecule has 0 saturated heterocycles.